The van der Waals surface area contributed by atoms with E-state index in [1.807, 2.05) is 18.2 Å². The average molecular weight is 586 g/mol. The van der Waals surface area contributed by atoms with Crippen molar-refractivity contribution >= 4 is 49.5 Å². The number of nitrogens with zero attached hydrogens (tertiary/aromatic N) is 2. The third kappa shape index (κ3) is 4.83. The molecule has 220 valence electrons. The third-order valence-corrected chi connectivity index (χ3v) is 9.30. The molecule has 45 heavy (non-hydrogen) atoms. The lowest BCUT2D eigenvalue weighted by Crippen LogP contribution is -2.19. The first-order chi connectivity index (χ1) is 22.2. The summed E-state index contributed by atoms with van der Waals surface area (Å²) >= 11 is 0. The first-order valence-electron chi connectivity index (χ1n) is 15.8. The second-order valence-corrected chi connectivity index (χ2v) is 12.1. The standard InChI is InChI=1S/C41H35N3O/c1-27(28-12-4-2-5-13-28)43-36(30-14-6-3-7-15-30)26-35(42)29-20-22-31(23-21-29)44-37-18-10-8-16-32(37)33-24-25-39-40(41(33)44)34-17-9-11-19-38(34)45-39/h2-20,22,24-27,29,31H,21,23,42H2,1H3/b35-26-,43-36?. The largest absolute Gasteiger partial charge is 0.456 e. The molecule has 0 aliphatic heterocycles. The highest BCUT2D eigenvalue weighted by Crippen LogP contribution is 2.42. The van der Waals surface area contributed by atoms with E-state index in [1.54, 1.807) is 0 Å². The summed E-state index contributed by atoms with van der Waals surface area (Å²) in [7, 11) is 0. The van der Waals surface area contributed by atoms with Crippen LogP contribution in [-0.2, 0) is 0 Å². The van der Waals surface area contributed by atoms with E-state index in [9.17, 15) is 0 Å². The van der Waals surface area contributed by atoms with Crippen LogP contribution in [0, 0.1) is 5.92 Å². The van der Waals surface area contributed by atoms with Gasteiger partial charge in [0.1, 0.15) is 11.2 Å². The lowest BCUT2D eigenvalue weighted by molar-refractivity contribution is 0.489. The lowest BCUT2D eigenvalue weighted by Gasteiger charge is -2.26. The van der Waals surface area contributed by atoms with Crippen molar-refractivity contribution in [3.63, 3.8) is 0 Å². The van der Waals surface area contributed by atoms with Crippen LogP contribution < -0.4 is 5.73 Å². The Balaban J connectivity index is 1.18. The topological polar surface area (TPSA) is 56.4 Å². The molecule has 4 nitrogen and oxygen atoms in total. The lowest BCUT2D eigenvalue weighted by atomic mass is 9.89. The van der Waals surface area contributed by atoms with Crippen LogP contribution in [0.2, 0.25) is 0 Å². The number of aromatic nitrogens is 1. The molecule has 1 aliphatic carbocycles. The molecular formula is C41H35N3O. The van der Waals surface area contributed by atoms with E-state index < -0.39 is 0 Å². The molecule has 3 atom stereocenters. The summed E-state index contributed by atoms with van der Waals surface area (Å²) in [6, 6.07) is 42.5. The van der Waals surface area contributed by atoms with Crippen LogP contribution in [0.4, 0.5) is 0 Å². The highest BCUT2D eigenvalue weighted by molar-refractivity contribution is 6.24. The molecule has 7 aromatic rings. The Morgan fingerprint density at radius 3 is 2.24 bits per heavy atom. The highest BCUT2D eigenvalue weighted by Gasteiger charge is 2.25. The van der Waals surface area contributed by atoms with Crippen molar-refractivity contribution in [3.05, 3.63) is 156 Å². The zero-order valence-corrected chi connectivity index (χ0v) is 25.3. The van der Waals surface area contributed by atoms with Gasteiger partial charge in [0.15, 0.2) is 0 Å². The number of furan rings is 1. The molecule has 4 heteroatoms. The van der Waals surface area contributed by atoms with Crippen molar-refractivity contribution in [2.24, 2.45) is 16.6 Å². The molecule has 0 bridgehead atoms. The molecule has 0 radical (unpaired) electrons. The molecule has 2 aromatic heterocycles. The number of fused-ring (bicyclic) bond motifs is 7. The van der Waals surface area contributed by atoms with Crippen molar-refractivity contribution < 1.29 is 4.42 Å². The fraction of sp³-hybridized carbons (Fsp3) is 0.146. The van der Waals surface area contributed by atoms with Gasteiger partial charge in [-0.05, 0) is 61.2 Å². The number of hydrogen-bond acceptors (Lipinski definition) is 3. The Labute approximate surface area is 262 Å². The quantitative estimate of drug-likeness (QED) is 0.156. The molecule has 5 aromatic carbocycles. The normalized spacial score (nSPS) is 18.3. The second kappa shape index (κ2) is 11.3. The van der Waals surface area contributed by atoms with E-state index in [4.69, 9.17) is 15.1 Å². The van der Waals surface area contributed by atoms with Gasteiger partial charge < -0.3 is 14.7 Å². The summed E-state index contributed by atoms with van der Waals surface area (Å²) < 4.78 is 8.84. The van der Waals surface area contributed by atoms with Gasteiger partial charge in [0.25, 0.3) is 0 Å². The SMILES string of the molecule is CC(N=C(/C=C(\N)C1C=CC(n2c3ccccc3c3ccc4oc5ccccc5c4c32)CC1)c1ccccc1)c1ccccc1. The first-order valence-corrected chi connectivity index (χ1v) is 15.8. The molecule has 0 saturated heterocycles. The minimum atomic E-state index is 0.0166. The molecule has 0 fully saturated rings. The fourth-order valence-electron chi connectivity index (χ4n) is 7.02. The Morgan fingerprint density at radius 1 is 0.756 bits per heavy atom. The molecular weight excluding hydrogens is 550 g/mol. The van der Waals surface area contributed by atoms with Crippen molar-refractivity contribution in [2.45, 2.75) is 31.8 Å². The minimum absolute atomic E-state index is 0.0166. The monoisotopic (exact) mass is 585 g/mol. The second-order valence-electron chi connectivity index (χ2n) is 12.1. The number of aliphatic imine (C=N–C) groups is 1. The summed E-state index contributed by atoms with van der Waals surface area (Å²) in [5.41, 5.74) is 15.2. The molecule has 8 rings (SSSR count). The van der Waals surface area contributed by atoms with Crippen LogP contribution in [0.3, 0.4) is 0 Å². The van der Waals surface area contributed by atoms with Crippen molar-refractivity contribution in [2.75, 3.05) is 0 Å². The molecule has 2 heterocycles. The van der Waals surface area contributed by atoms with Gasteiger partial charge in [-0.25, -0.2) is 0 Å². The number of rotatable bonds is 6. The maximum atomic E-state index is 6.88. The summed E-state index contributed by atoms with van der Waals surface area (Å²) in [5.74, 6) is 0.144. The van der Waals surface area contributed by atoms with Crippen molar-refractivity contribution in [1.82, 2.24) is 4.57 Å². The third-order valence-electron chi connectivity index (χ3n) is 9.30. The number of hydrogen-bond donors (Lipinski definition) is 1. The maximum absolute atomic E-state index is 6.88. The Bertz CT molecular complexity index is 2250. The first kappa shape index (κ1) is 27.2. The van der Waals surface area contributed by atoms with Gasteiger partial charge in [-0.1, -0.05) is 109 Å². The molecule has 1 aliphatic rings. The van der Waals surface area contributed by atoms with E-state index in [2.05, 4.69) is 133 Å². The predicted molar refractivity (Wildman–Crippen MR) is 188 cm³/mol. The zero-order chi connectivity index (χ0) is 30.3. The van der Waals surface area contributed by atoms with Crippen LogP contribution in [0.5, 0.6) is 0 Å². The van der Waals surface area contributed by atoms with E-state index in [-0.39, 0.29) is 18.0 Å². The van der Waals surface area contributed by atoms with Gasteiger partial charge in [-0.3, -0.25) is 4.99 Å². The summed E-state index contributed by atoms with van der Waals surface area (Å²) in [6.45, 7) is 2.14. The van der Waals surface area contributed by atoms with Crippen molar-refractivity contribution in [1.29, 1.82) is 0 Å². The van der Waals surface area contributed by atoms with Crippen LogP contribution in [-0.4, -0.2) is 10.3 Å². The van der Waals surface area contributed by atoms with E-state index >= 15 is 0 Å². The average Bonchev–Trinajstić information content (AvgIpc) is 3.64. The molecule has 2 N–H and O–H groups in total. The van der Waals surface area contributed by atoms with Crippen LogP contribution in [0.15, 0.2) is 155 Å². The van der Waals surface area contributed by atoms with Crippen LogP contribution in [0.25, 0.3) is 43.7 Å². The van der Waals surface area contributed by atoms with E-state index in [0.717, 1.165) is 46.4 Å². The van der Waals surface area contributed by atoms with Gasteiger partial charge in [0.2, 0.25) is 0 Å². The van der Waals surface area contributed by atoms with Crippen LogP contribution in [0.1, 0.15) is 43.0 Å². The number of nitrogens with two attached hydrogens (primary N) is 1. The van der Waals surface area contributed by atoms with Gasteiger partial charge in [-0.2, -0.15) is 0 Å². The fourth-order valence-corrected chi connectivity index (χ4v) is 7.02. The van der Waals surface area contributed by atoms with Gasteiger partial charge in [-0.15, -0.1) is 0 Å². The Hall–Kier alpha value is -5.35. The van der Waals surface area contributed by atoms with Crippen molar-refractivity contribution in [3.8, 4) is 0 Å². The van der Waals surface area contributed by atoms with Gasteiger partial charge in [0, 0.05) is 33.3 Å². The number of benzene rings is 5. The summed E-state index contributed by atoms with van der Waals surface area (Å²) in [6.07, 6.45) is 8.68. The Morgan fingerprint density at radius 2 is 1.47 bits per heavy atom. The number of para-hydroxylation sites is 2. The highest BCUT2D eigenvalue weighted by atomic mass is 16.3. The minimum Gasteiger partial charge on any atom is -0.456 e. The van der Waals surface area contributed by atoms with E-state index in [0.29, 0.717) is 0 Å². The van der Waals surface area contributed by atoms with E-state index in [1.165, 1.54) is 32.8 Å². The van der Waals surface area contributed by atoms with Gasteiger partial charge in [0.05, 0.1) is 28.7 Å². The molecule has 0 amide bonds. The summed E-state index contributed by atoms with van der Waals surface area (Å²) in [4.78, 5) is 5.15. The summed E-state index contributed by atoms with van der Waals surface area (Å²) in [5, 5.41) is 4.87. The smallest absolute Gasteiger partial charge is 0.137 e. The maximum Gasteiger partial charge on any atom is 0.137 e. The number of allylic oxidation sites excluding steroid dienone is 3. The zero-order valence-electron chi connectivity index (χ0n) is 25.3. The molecule has 3 unspecified atom stereocenters. The Kier molecular flexibility index (Phi) is 6.83. The molecule has 0 saturated carbocycles. The van der Waals surface area contributed by atoms with Gasteiger partial charge >= 0.3 is 0 Å². The molecule has 0 spiro atoms. The van der Waals surface area contributed by atoms with Crippen LogP contribution >= 0.6 is 0 Å². The predicted octanol–water partition coefficient (Wildman–Crippen LogP) is 10.3.